The lowest BCUT2D eigenvalue weighted by atomic mass is 9.99. The normalized spacial score (nSPS) is 18.0. The van der Waals surface area contributed by atoms with E-state index >= 15 is 0 Å². The van der Waals surface area contributed by atoms with Crippen LogP contribution in [0.4, 0.5) is 25.1 Å². The third-order valence-corrected chi connectivity index (χ3v) is 4.06. The van der Waals surface area contributed by atoms with E-state index in [1.54, 1.807) is 0 Å². The topological polar surface area (TPSA) is 62.7 Å². The van der Waals surface area contributed by atoms with Crippen LogP contribution in [0.5, 0.6) is 0 Å². The van der Waals surface area contributed by atoms with Crippen molar-refractivity contribution in [2.45, 2.75) is 44.7 Å². The minimum Gasteiger partial charge on any atom is -0.354 e. The summed E-state index contributed by atoms with van der Waals surface area (Å²) in [6, 6.07) is 0. The number of hydrogen-bond donors (Lipinski definition) is 2. The van der Waals surface area contributed by atoms with E-state index in [1.807, 2.05) is 6.08 Å². The maximum absolute atomic E-state index is 12.7. The number of hydrogen-bond acceptors (Lipinski definition) is 5. The fraction of sp³-hybridized carbons (Fsp3) is 0.562. The van der Waals surface area contributed by atoms with Gasteiger partial charge in [0.05, 0.1) is 0 Å². The lowest BCUT2D eigenvalue weighted by molar-refractivity contribution is -0.0899. The summed E-state index contributed by atoms with van der Waals surface area (Å²) in [5.41, 5.74) is -0.135. The van der Waals surface area contributed by atoms with Gasteiger partial charge in [-0.05, 0) is 50.0 Å². The summed E-state index contributed by atoms with van der Waals surface area (Å²) in [4.78, 5) is 12.6. The standard InChI is InChI=1S/C16H20F3N5/c1-10(16(17,18)19)21-15-23-13(12-5-3-2-4-6-12)22-14(24-15)20-9-11-7-8-11/h5,11H,1-4,6-9H2,(H2,20,21,22,23,24). The number of anilines is 2. The molecule has 24 heavy (non-hydrogen) atoms. The van der Waals surface area contributed by atoms with Gasteiger partial charge in [-0.2, -0.15) is 28.1 Å². The molecule has 5 nitrogen and oxygen atoms in total. The highest BCUT2D eigenvalue weighted by molar-refractivity contribution is 5.62. The fourth-order valence-corrected chi connectivity index (χ4v) is 2.46. The number of alkyl halides is 3. The molecule has 0 atom stereocenters. The van der Waals surface area contributed by atoms with E-state index in [0.717, 1.165) is 50.6 Å². The Balaban J connectivity index is 1.83. The van der Waals surface area contributed by atoms with E-state index in [2.05, 4.69) is 32.2 Å². The molecule has 0 aliphatic heterocycles. The molecule has 3 rings (SSSR count). The molecule has 0 spiro atoms. The molecule has 1 saturated carbocycles. The molecule has 0 amide bonds. The summed E-state index contributed by atoms with van der Waals surface area (Å²) < 4.78 is 38.1. The van der Waals surface area contributed by atoms with E-state index < -0.39 is 11.9 Å². The first-order valence-corrected chi connectivity index (χ1v) is 8.14. The summed E-state index contributed by atoms with van der Waals surface area (Å²) in [5.74, 6) is 1.20. The van der Waals surface area contributed by atoms with Crippen molar-refractivity contribution in [3.63, 3.8) is 0 Å². The van der Waals surface area contributed by atoms with Crippen molar-refractivity contribution in [2.75, 3.05) is 17.2 Å². The van der Waals surface area contributed by atoms with Gasteiger partial charge < -0.3 is 10.6 Å². The molecule has 0 radical (unpaired) electrons. The van der Waals surface area contributed by atoms with Gasteiger partial charge in [-0.15, -0.1) is 0 Å². The highest BCUT2D eigenvalue weighted by atomic mass is 19.4. The smallest absolute Gasteiger partial charge is 0.354 e. The predicted octanol–water partition coefficient (Wildman–Crippen LogP) is 4.14. The monoisotopic (exact) mass is 339 g/mol. The number of aromatic nitrogens is 3. The van der Waals surface area contributed by atoms with Crippen LogP contribution in [0.15, 0.2) is 18.4 Å². The zero-order valence-electron chi connectivity index (χ0n) is 13.3. The Hall–Kier alpha value is -2.12. The van der Waals surface area contributed by atoms with Crippen molar-refractivity contribution in [2.24, 2.45) is 5.92 Å². The number of nitrogens with zero attached hydrogens (tertiary/aromatic N) is 3. The first-order valence-electron chi connectivity index (χ1n) is 8.14. The third kappa shape index (κ3) is 4.46. The quantitative estimate of drug-likeness (QED) is 0.816. The van der Waals surface area contributed by atoms with Crippen LogP contribution >= 0.6 is 0 Å². The average Bonchev–Trinajstić information content (AvgIpc) is 3.37. The Morgan fingerprint density at radius 3 is 2.54 bits per heavy atom. The molecule has 0 saturated heterocycles. The van der Waals surface area contributed by atoms with Gasteiger partial charge in [-0.1, -0.05) is 12.7 Å². The summed E-state index contributed by atoms with van der Waals surface area (Å²) in [5, 5.41) is 5.25. The van der Waals surface area contributed by atoms with Crippen molar-refractivity contribution < 1.29 is 13.2 Å². The lowest BCUT2D eigenvalue weighted by Gasteiger charge is -2.15. The Labute approximate surface area is 138 Å². The Morgan fingerprint density at radius 2 is 1.92 bits per heavy atom. The largest absolute Gasteiger partial charge is 0.430 e. The van der Waals surface area contributed by atoms with Crippen molar-refractivity contribution >= 4 is 17.5 Å². The Kier molecular flexibility index (Phi) is 4.73. The van der Waals surface area contributed by atoms with E-state index in [0.29, 0.717) is 17.7 Å². The SMILES string of the molecule is C=C(Nc1nc(NCC2CC2)nc(C2=CCCCC2)n1)C(F)(F)F. The van der Waals surface area contributed by atoms with Crippen LogP contribution in [-0.2, 0) is 0 Å². The summed E-state index contributed by atoms with van der Waals surface area (Å²) in [6.07, 6.45) is 3.72. The van der Waals surface area contributed by atoms with Gasteiger partial charge in [0.15, 0.2) is 5.82 Å². The summed E-state index contributed by atoms with van der Waals surface area (Å²) in [6.45, 7) is 3.73. The van der Waals surface area contributed by atoms with Gasteiger partial charge >= 0.3 is 6.18 Å². The van der Waals surface area contributed by atoms with Gasteiger partial charge in [-0.25, -0.2) is 0 Å². The zero-order chi connectivity index (χ0) is 17.2. The van der Waals surface area contributed by atoms with Crippen molar-refractivity contribution in [3.05, 3.63) is 24.2 Å². The van der Waals surface area contributed by atoms with E-state index in [-0.39, 0.29) is 5.95 Å². The Bertz CT molecular complexity index is 650. The molecule has 2 aliphatic rings. The molecular weight excluding hydrogens is 319 g/mol. The molecule has 130 valence electrons. The number of rotatable bonds is 6. The maximum atomic E-state index is 12.7. The summed E-state index contributed by atoms with van der Waals surface area (Å²) in [7, 11) is 0. The second-order valence-corrected chi connectivity index (χ2v) is 6.21. The van der Waals surface area contributed by atoms with Gasteiger partial charge in [0.2, 0.25) is 11.9 Å². The fourth-order valence-electron chi connectivity index (χ4n) is 2.46. The van der Waals surface area contributed by atoms with Crippen LogP contribution in [0, 0.1) is 5.92 Å². The van der Waals surface area contributed by atoms with Crippen molar-refractivity contribution in [1.82, 2.24) is 15.0 Å². The highest BCUT2D eigenvalue weighted by Crippen LogP contribution is 2.30. The molecule has 2 N–H and O–H groups in total. The first kappa shape index (κ1) is 16.7. The number of halogens is 3. The second-order valence-electron chi connectivity index (χ2n) is 6.21. The maximum Gasteiger partial charge on any atom is 0.430 e. The molecule has 1 heterocycles. The first-order chi connectivity index (χ1) is 11.4. The van der Waals surface area contributed by atoms with Crippen molar-refractivity contribution in [1.29, 1.82) is 0 Å². The molecule has 0 unspecified atom stereocenters. The molecular formula is C16H20F3N5. The Morgan fingerprint density at radius 1 is 1.17 bits per heavy atom. The van der Waals surface area contributed by atoms with Crippen LogP contribution in [0.2, 0.25) is 0 Å². The van der Waals surface area contributed by atoms with Gasteiger partial charge in [-0.3, -0.25) is 0 Å². The molecule has 0 bridgehead atoms. The van der Waals surface area contributed by atoms with Gasteiger partial charge in [0, 0.05) is 6.54 Å². The minimum atomic E-state index is -4.54. The summed E-state index contributed by atoms with van der Waals surface area (Å²) >= 11 is 0. The van der Waals surface area contributed by atoms with E-state index in [9.17, 15) is 13.2 Å². The third-order valence-electron chi connectivity index (χ3n) is 4.06. The van der Waals surface area contributed by atoms with Crippen LogP contribution in [-0.4, -0.2) is 27.7 Å². The molecule has 1 fully saturated rings. The molecule has 8 heteroatoms. The number of nitrogens with one attached hydrogen (secondary N) is 2. The highest BCUT2D eigenvalue weighted by Gasteiger charge is 2.33. The zero-order valence-corrected chi connectivity index (χ0v) is 13.3. The van der Waals surface area contributed by atoms with Crippen molar-refractivity contribution in [3.8, 4) is 0 Å². The second kappa shape index (κ2) is 6.78. The van der Waals surface area contributed by atoms with Crippen LogP contribution < -0.4 is 10.6 Å². The van der Waals surface area contributed by atoms with Gasteiger partial charge in [0.25, 0.3) is 0 Å². The van der Waals surface area contributed by atoms with E-state index in [1.165, 1.54) is 0 Å². The molecule has 2 aliphatic carbocycles. The minimum absolute atomic E-state index is 0.132. The lowest BCUT2D eigenvalue weighted by Crippen LogP contribution is -2.20. The van der Waals surface area contributed by atoms with Crippen LogP contribution in [0.3, 0.4) is 0 Å². The van der Waals surface area contributed by atoms with E-state index in [4.69, 9.17) is 0 Å². The molecule has 0 aromatic carbocycles. The van der Waals surface area contributed by atoms with Crippen LogP contribution in [0.25, 0.3) is 5.57 Å². The van der Waals surface area contributed by atoms with Gasteiger partial charge in [0.1, 0.15) is 5.70 Å². The predicted molar refractivity (Wildman–Crippen MR) is 86.3 cm³/mol. The van der Waals surface area contributed by atoms with Crippen LogP contribution in [0.1, 0.15) is 44.3 Å². The number of allylic oxidation sites excluding steroid dienone is 3. The average molecular weight is 339 g/mol. The molecule has 1 aromatic rings. The molecule has 1 aromatic heterocycles.